The molecule has 2 rings (SSSR count). The van der Waals surface area contributed by atoms with E-state index in [-0.39, 0.29) is 10.9 Å². The molecule has 1 unspecified atom stereocenters. The predicted molar refractivity (Wildman–Crippen MR) is 84.2 cm³/mol. The molecule has 0 bridgehead atoms. The number of sulfonamides is 1. The van der Waals surface area contributed by atoms with Crippen molar-refractivity contribution in [3.63, 3.8) is 0 Å². The Bertz CT molecular complexity index is 657. The van der Waals surface area contributed by atoms with Crippen LogP contribution in [0.25, 0.3) is 0 Å². The van der Waals surface area contributed by atoms with Crippen molar-refractivity contribution in [2.24, 2.45) is 0 Å². The van der Waals surface area contributed by atoms with Crippen molar-refractivity contribution in [1.82, 2.24) is 9.71 Å². The van der Waals surface area contributed by atoms with E-state index < -0.39 is 10.0 Å². The lowest BCUT2D eigenvalue weighted by Gasteiger charge is -2.16. The maximum atomic E-state index is 12.4. The minimum absolute atomic E-state index is 0.171. The topological polar surface area (TPSA) is 59.1 Å². The Morgan fingerprint density at radius 1 is 1.45 bits per heavy atom. The Morgan fingerprint density at radius 3 is 2.85 bits per heavy atom. The van der Waals surface area contributed by atoms with E-state index in [4.69, 9.17) is 0 Å². The van der Waals surface area contributed by atoms with Crippen LogP contribution in [0.5, 0.6) is 0 Å². The lowest BCUT2D eigenvalue weighted by Crippen LogP contribution is -2.28. The fourth-order valence-corrected chi connectivity index (χ4v) is 4.47. The molecule has 108 valence electrons. The van der Waals surface area contributed by atoms with Gasteiger partial charge in [-0.3, -0.25) is 4.98 Å². The molecule has 0 saturated carbocycles. The van der Waals surface area contributed by atoms with Crippen molar-refractivity contribution in [3.8, 4) is 0 Å². The second-order valence-electron chi connectivity index (χ2n) is 4.32. The highest BCUT2D eigenvalue weighted by Gasteiger charge is 2.22. The van der Waals surface area contributed by atoms with Gasteiger partial charge in [-0.2, -0.15) is 0 Å². The molecule has 0 amide bonds. The summed E-state index contributed by atoms with van der Waals surface area (Å²) in [5.41, 5.74) is 0. The fraction of sp³-hybridized carbons (Fsp3) is 0.308. The number of nitrogens with one attached hydrogen (secondary N) is 1. The van der Waals surface area contributed by atoms with Crippen LogP contribution < -0.4 is 4.72 Å². The molecule has 1 atom stereocenters. The molecule has 4 nitrogen and oxygen atoms in total. The number of rotatable bonds is 6. The summed E-state index contributed by atoms with van der Waals surface area (Å²) < 4.78 is 28.2. The number of hydrogen-bond acceptors (Lipinski definition) is 4. The summed E-state index contributed by atoms with van der Waals surface area (Å²) in [5.74, 6) is 0. The first-order valence-corrected chi connectivity index (χ1v) is 9.35. The summed E-state index contributed by atoms with van der Waals surface area (Å²) in [7, 11) is -3.57. The quantitative estimate of drug-likeness (QED) is 0.837. The molecule has 0 aliphatic rings. The molecule has 7 heteroatoms. The second kappa shape index (κ2) is 6.80. The molecule has 0 radical (unpaired) electrons. The Labute approximate surface area is 131 Å². The maximum Gasteiger partial charge on any atom is 0.242 e. The lowest BCUT2D eigenvalue weighted by molar-refractivity contribution is 0.540. The summed E-state index contributed by atoms with van der Waals surface area (Å²) in [6.07, 6.45) is 4.58. The molecule has 0 saturated heterocycles. The Morgan fingerprint density at radius 2 is 2.25 bits per heavy atom. The lowest BCUT2D eigenvalue weighted by atomic mass is 10.1. The number of nitrogens with zero attached hydrogens (tertiary/aromatic N) is 1. The van der Waals surface area contributed by atoms with E-state index in [1.54, 1.807) is 23.6 Å². The molecule has 0 aliphatic carbocycles. The van der Waals surface area contributed by atoms with Crippen molar-refractivity contribution < 1.29 is 8.42 Å². The van der Waals surface area contributed by atoms with Gasteiger partial charge in [0.15, 0.2) is 0 Å². The van der Waals surface area contributed by atoms with E-state index in [0.29, 0.717) is 4.47 Å². The van der Waals surface area contributed by atoms with Crippen LogP contribution in [0.2, 0.25) is 0 Å². The van der Waals surface area contributed by atoms with Crippen LogP contribution in [0.4, 0.5) is 0 Å². The first-order chi connectivity index (χ1) is 9.53. The SMILES string of the molecule is CCCC(NS(=O)(=O)c1cncc(Br)c1)c1cccs1. The Balaban J connectivity index is 2.25. The highest BCUT2D eigenvalue weighted by atomic mass is 79.9. The summed E-state index contributed by atoms with van der Waals surface area (Å²) in [6.45, 7) is 2.04. The first kappa shape index (κ1) is 15.6. The van der Waals surface area contributed by atoms with Gasteiger partial charge in [0, 0.05) is 21.7 Å². The Hall–Kier alpha value is -0.760. The monoisotopic (exact) mass is 374 g/mol. The molecule has 0 aliphatic heterocycles. The van der Waals surface area contributed by atoms with Crippen LogP contribution in [0.1, 0.15) is 30.7 Å². The maximum absolute atomic E-state index is 12.4. The average molecular weight is 375 g/mol. The van der Waals surface area contributed by atoms with Crippen LogP contribution in [0.3, 0.4) is 0 Å². The first-order valence-electron chi connectivity index (χ1n) is 6.19. The third-order valence-corrected chi connectivity index (χ3v) is 5.61. The van der Waals surface area contributed by atoms with Crippen LogP contribution in [0, 0.1) is 0 Å². The molecular weight excluding hydrogens is 360 g/mol. The fourth-order valence-electron chi connectivity index (χ4n) is 1.83. The van der Waals surface area contributed by atoms with Crippen molar-refractivity contribution in [2.45, 2.75) is 30.7 Å². The van der Waals surface area contributed by atoms with Crippen molar-refractivity contribution >= 4 is 37.3 Å². The third kappa shape index (κ3) is 3.88. The number of aromatic nitrogens is 1. The van der Waals surface area contributed by atoms with E-state index in [0.717, 1.165) is 17.7 Å². The molecule has 0 aromatic carbocycles. The van der Waals surface area contributed by atoms with Gasteiger partial charge in [-0.05, 0) is 39.9 Å². The van der Waals surface area contributed by atoms with Crippen LogP contribution in [-0.2, 0) is 10.0 Å². The van der Waals surface area contributed by atoms with E-state index in [9.17, 15) is 8.42 Å². The zero-order chi connectivity index (χ0) is 14.6. The molecule has 20 heavy (non-hydrogen) atoms. The van der Waals surface area contributed by atoms with Gasteiger partial charge in [-0.25, -0.2) is 13.1 Å². The molecule has 0 fully saturated rings. The Kier molecular flexibility index (Phi) is 5.31. The van der Waals surface area contributed by atoms with E-state index in [1.807, 2.05) is 24.4 Å². The van der Waals surface area contributed by atoms with Crippen molar-refractivity contribution in [1.29, 1.82) is 0 Å². The van der Waals surface area contributed by atoms with Gasteiger partial charge in [0.1, 0.15) is 4.90 Å². The van der Waals surface area contributed by atoms with E-state index >= 15 is 0 Å². The van der Waals surface area contributed by atoms with Crippen LogP contribution >= 0.6 is 27.3 Å². The normalized spacial score (nSPS) is 13.3. The van der Waals surface area contributed by atoms with Gasteiger partial charge in [-0.1, -0.05) is 19.4 Å². The summed E-state index contributed by atoms with van der Waals surface area (Å²) >= 11 is 4.80. The minimum Gasteiger partial charge on any atom is -0.262 e. The highest BCUT2D eigenvalue weighted by molar-refractivity contribution is 9.10. The van der Waals surface area contributed by atoms with Gasteiger partial charge in [0.2, 0.25) is 10.0 Å². The van der Waals surface area contributed by atoms with Gasteiger partial charge in [0.25, 0.3) is 0 Å². The number of halogens is 1. The van der Waals surface area contributed by atoms with Gasteiger partial charge in [0.05, 0.1) is 6.04 Å². The zero-order valence-electron chi connectivity index (χ0n) is 10.9. The molecule has 2 aromatic heterocycles. The number of pyridine rings is 1. The number of thiophene rings is 1. The van der Waals surface area contributed by atoms with E-state index in [1.165, 1.54) is 6.20 Å². The van der Waals surface area contributed by atoms with Crippen LogP contribution in [0.15, 0.2) is 45.3 Å². The molecule has 0 spiro atoms. The summed E-state index contributed by atoms with van der Waals surface area (Å²) in [6, 6.07) is 5.24. The zero-order valence-corrected chi connectivity index (χ0v) is 14.1. The van der Waals surface area contributed by atoms with Gasteiger partial charge < -0.3 is 0 Å². The smallest absolute Gasteiger partial charge is 0.242 e. The van der Waals surface area contributed by atoms with E-state index in [2.05, 4.69) is 25.6 Å². The standard InChI is InChI=1S/C13H15BrN2O2S2/c1-2-4-12(13-5-3-6-19-13)16-20(17,18)11-7-10(14)8-15-9-11/h3,5-9,12,16H,2,4H2,1H3. The molecule has 2 heterocycles. The molecular formula is C13H15BrN2O2S2. The van der Waals surface area contributed by atoms with Crippen LogP contribution in [-0.4, -0.2) is 13.4 Å². The van der Waals surface area contributed by atoms with Gasteiger partial charge >= 0.3 is 0 Å². The third-order valence-electron chi connectivity index (χ3n) is 2.75. The minimum atomic E-state index is -3.57. The summed E-state index contributed by atoms with van der Waals surface area (Å²) in [4.78, 5) is 5.10. The summed E-state index contributed by atoms with van der Waals surface area (Å²) in [5, 5.41) is 1.95. The average Bonchev–Trinajstić information content (AvgIpc) is 2.92. The number of hydrogen-bond donors (Lipinski definition) is 1. The van der Waals surface area contributed by atoms with Gasteiger partial charge in [-0.15, -0.1) is 11.3 Å². The predicted octanol–water partition coefficient (Wildman–Crippen LogP) is 3.73. The largest absolute Gasteiger partial charge is 0.262 e. The molecule has 1 N–H and O–H groups in total. The molecule has 2 aromatic rings. The second-order valence-corrected chi connectivity index (χ2v) is 7.93. The van der Waals surface area contributed by atoms with Crippen molar-refractivity contribution in [3.05, 3.63) is 45.3 Å². The highest BCUT2D eigenvalue weighted by Crippen LogP contribution is 2.25. The van der Waals surface area contributed by atoms with Crippen molar-refractivity contribution in [2.75, 3.05) is 0 Å².